The van der Waals surface area contributed by atoms with Gasteiger partial charge in [0.25, 0.3) is 21.5 Å². The Morgan fingerprint density at radius 3 is 2.54 bits per heavy atom. The normalized spacial score (nSPS) is 17.7. The van der Waals surface area contributed by atoms with Crippen molar-refractivity contribution in [3.05, 3.63) is 69.9 Å². The van der Waals surface area contributed by atoms with Crippen molar-refractivity contribution in [1.29, 1.82) is 0 Å². The number of H-pyrrole nitrogens is 1. The van der Waals surface area contributed by atoms with Crippen LogP contribution in [0.25, 0.3) is 11.3 Å². The van der Waals surface area contributed by atoms with Crippen molar-refractivity contribution >= 4 is 33.3 Å². The van der Waals surface area contributed by atoms with E-state index in [2.05, 4.69) is 4.98 Å². The van der Waals surface area contributed by atoms with Crippen LogP contribution in [0.5, 0.6) is 0 Å². The molecular formula is C25H29ClN5O5S+. The largest absolute Gasteiger partial charge is 0.351 e. The van der Waals surface area contributed by atoms with Crippen LogP contribution in [0.15, 0.2) is 58.5 Å². The van der Waals surface area contributed by atoms with Crippen LogP contribution in [0.3, 0.4) is 0 Å². The van der Waals surface area contributed by atoms with Crippen LogP contribution in [0.2, 0.25) is 5.15 Å². The Hall–Kier alpha value is -3.44. The lowest BCUT2D eigenvalue weighted by molar-refractivity contribution is -0.895. The zero-order valence-electron chi connectivity index (χ0n) is 20.9. The molecule has 0 spiro atoms. The van der Waals surface area contributed by atoms with E-state index in [4.69, 9.17) is 21.4 Å². The lowest BCUT2D eigenvalue weighted by Crippen LogP contribution is -2.46. The first-order chi connectivity index (χ1) is 17.5. The fourth-order valence-corrected chi connectivity index (χ4v) is 5.54. The number of hydrogen-bond donors (Lipinski definition) is 2. The highest BCUT2D eigenvalue weighted by Gasteiger charge is 2.33. The summed E-state index contributed by atoms with van der Waals surface area (Å²) in [4.78, 5) is 39.6. The first-order valence-corrected chi connectivity index (χ1v) is 13.8. The molecule has 2 N–H and O–H groups in total. The van der Waals surface area contributed by atoms with Gasteiger partial charge in [0.2, 0.25) is 6.20 Å². The van der Waals surface area contributed by atoms with Gasteiger partial charge in [0.05, 0.1) is 16.8 Å². The minimum Gasteiger partial charge on any atom is -0.351 e. The second kappa shape index (κ2) is 10.5. The van der Waals surface area contributed by atoms with Gasteiger partial charge < -0.3 is 9.88 Å². The minimum absolute atomic E-state index is 0.0808. The Labute approximate surface area is 220 Å². The number of aromatic amines is 1. The van der Waals surface area contributed by atoms with E-state index in [-0.39, 0.29) is 23.8 Å². The molecule has 37 heavy (non-hydrogen) atoms. The quantitative estimate of drug-likeness (QED) is 0.345. The van der Waals surface area contributed by atoms with E-state index in [0.29, 0.717) is 22.2 Å². The molecule has 1 aliphatic heterocycles. The summed E-state index contributed by atoms with van der Waals surface area (Å²) in [7, 11) is -4.41. The van der Waals surface area contributed by atoms with E-state index in [1.54, 1.807) is 24.4 Å². The molecule has 0 aromatic carbocycles. The second-order valence-electron chi connectivity index (χ2n) is 9.27. The lowest BCUT2D eigenvalue weighted by atomic mass is 10.1. The highest BCUT2D eigenvalue weighted by Crippen LogP contribution is 2.33. The van der Waals surface area contributed by atoms with E-state index >= 15 is 0 Å². The summed E-state index contributed by atoms with van der Waals surface area (Å²) in [6, 6.07) is 9.32. The molecule has 0 aliphatic carbocycles. The van der Waals surface area contributed by atoms with Crippen molar-refractivity contribution in [2.24, 2.45) is 0 Å². The third-order valence-corrected chi connectivity index (χ3v) is 7.75. The summed E-state index contributed by atoms with van der Waals surface area (Å²) in [5.74, 6) is -0.520. The number of amides is 1. The van der Waals surface area contributed by atoms with Crippen LogP contribution < -0.4 is 24.7 Å². The summed E-state index contributed by atoms with van der Waals surface area (Å²) in [6.07, 6.45) is 4.70. The summed E-state index contributed by atoms with van der Waals surface area (Å²) >= 11 is 6.27. The van der Waals surface area contributed by atoms with Gasteiger partial charge in [0.15, 0.2) is 11.0 Å². The highest BCUT2D eigenvalue weighted by atomic mass is 35.5. The van der Waals surface area contributed by atoms with E-state index in [0.717, 1.165) is 18.9 Å². The van der Waals surface area contributed by atoms with E-state index in [9.17, 15) is 18.0 Å². The number of hydrogen-bond acceptors (Lipinski definition) is 7. The number of aromatic nitrogens is 3. The molecule has 3 aromatic heterocycles. The van der Waals surface area contributed by atoms with Crippen molar-refractivity contribution in [2.45, 2.75) is 63.6 Å². The summed E-state index contributed by atoms with van der Waals surface area (Å²) in [6.45, 7) is 7.83. The molecule has 0 unspecified atom stereocenters. The lowest BCUT2D eigenvalue weighted by Gasteiger charge is -2.29. The van der Waals surface area contributed by atoms with Gasteiger partial charge in [0.1, 0.15) is 5.82 Å². The van der Waals surface area contributed by atoms with Crippen LogP contribution >= 0.6 is 11.6 Å². The molecule has 0 saturated carbocycles. The first-order valence-electron chi connectivity index (χ1n) is 11.9. The Balaban J connectivity index is 1.77. The van der Waals surface area contributed by atoms with Gasteiger partial charge in [-0.15, -0.1) is 0 Å². The van der Waals surface area contributed by atoms with Crippen molar-refractivity contribution in [2.75, 3.05) is 4.90 Å². The van der Waals surface area contributed by atoms with Crippen LogP contribution in [0, 0.1) is 0 Å². The van der Waals surface area contributed by atoms with Gasteiger partial charge >= 0.3 is 5.15 Å². The summed E-state index contributed by atoms with van der Waals surface area (Å²) in [5.41, 5.74) is 0.512. The maximum Gasteiger partial charge on any atom is 0.325 e. The van der Waals surface area contributed by atoms with E-state index in [1.165, 1.54) is 23.1 Å². The molecule has 1 saturated heterocycles. The third-order valence-electron chi connectivity index (χ3n) is 6.10. The van der Waals surface area contributed by atoms with Crippen LogP contribution in [0.4, 0.5) is 5.82 Å². The maximum atomic E-state index is 13.3. The average molecular weight is 547 g/mol. The Morgan fingerprint density at radius 1 is 1.19 bits per heavy atom. The predicted octanol–water partition coefficient (Wildman–Crippen LogP) is 2.71. The number of sulfonamides is 1. The summed E-state index contributed by atoms with van der Waals surface area (Å²) in [5, 5.41) is 0.386. The fraction of sp³-hybridized carbons (Fsp3) is 0.360. The zero-order chi connectivity index (χ0) is 26.9. The number of nitrogens with zero attached hydrogens (tertiary/aromatic N) is 3. The van der Waals surface area contributed by atoms with Gasteiger partial charge in [-0.1, -0.05) is 0 Å². The molecular weight excluding hydrogens is 518 g/mol. The van der Waals surface area contributed by atoms with Gasteiger partial charge in [0, 0.05) is 29.1 Å². The number of rotatable bonds is 7. The van der Waals surface area contributed by atoms with Crippen LogP contribution in [-0.4, -0.2) is 42.5 Å². The maximum absolute atomic E-state index is 13.3. The van der Waals surface area contributed by atoms with Crippen molar-refractivity contribution in [3.8, 4) is 11.3 Å². The average Bonchev–Trinajstić information content (AvgIpc) is 3.17. The summed E-state index contributed by atoms with van der Waals surface area (Å²) < 4.78 is 29.1. The molecule has 196 valence electrons. The monoisotopic (exact) mass is 546 g/mol. The van der Waals surface area contributed by atoms with Gasteiger partial charge in [-0.25, -0.2) is 18.1 Å². The molecule has 1 aliphatic rings. The Morgan fingerprint density at radius 2 is 1.89 bits per heavy atom. The predicted molar refractivity (Wildman–Crippen MR) is 139 cm³/mol. The van der Waals surface area contributed by atoms with Crippen LogP contribution in [0.1, 0.15) is 50.9 Å². The molecule has 4 heterocycles. The van der Waals surface area contributed by atoms with Crippen LogP contribution in [-0.2, 0) is 10.0 Å². The third kappa shape index (κ3) is 5.62. The number of halogens is 1. The Kier molecular flexibility index (Phi) is 7.56. The standard InChI is InChI=1S/C25H28ClN5O5S/c1-15(2)36-30-14-18(9-12-22(30)26)20-11-10-19(23(28-20)31-16(3)7-8-17(31)4)24(32)29-37(34,35)21-6-5-13-27-25(21)33/h5-6,9-17H,7-8H2,1-4H3,(H-,27,29,32,33)/p+1/t16-,17+. The topological polar surface area (TPSA) is 125 Å². The molecule has 3 aromatic rings. The van der Waals surface area contributed by atoms with Crippen molar-refractivity contribution in [3.63, 3.8) is 0 Å². The molecule has 0 bridgehead atoms. The SMILES string of the molecule is CC(C)O[n+]1cc(-c2ccc(C(=O)NS(=O)(=O)c3ccc[nH]c3=O)c(N3[C@H](C)CC[C@@H]3C)n2)ccc1Cl. The van der Waals surface area contributed by atoms with Gasteiger partial charge in [-0.3, -0.25) is 14.4 Å². The second-order valence-corrected chi connectivity index (χ2v) is 11.3. The number of carbonyl (C=O) groups excluding carboxylic acids is 1. The van der Waals surface area contributed by atoms with Crippen molar-refractivity contribution in [1.82, 2.24) is 14.7 Å². The number of anilines is 1. The smallest absolute Gasteiger partial charge is 0.325 e. The number of carbonyl (C=O) groups is 1. The highest BCUT2D eigenvalue weighted by molar-refractivity contribution is 7.90. The van der Waals surface area contributed by atoms with E-state index in [1.807, 2.05) is 37.3 Å². The molecule has 0 radical (unpaired) electrons. The number of pyridine rings is 3. The minimum atomic E-state index is -4.41. The van der Waals surface area contributed by atoms with E-state index < -0.39 is 26.4 Å². The zero-order valence-corrected chi connectivity index (χ0v) is 22.5. The molecule has 4 rings (SSSR count). The Bertz CT molecular complexity index is 1480. The van der Waals surface area contributed by atoms with Gasteiger partial charge in [-0.2, -0.15) is 0 Å². The molecule has 1 amide bonds. The first kappa shape index (κ1) is 26.6. The van der Waals surface area contributed by atoms with Crippen molar-refractivity contribution < 1.29 is 22.8 Å². The number of nitrogens with one attached hydrogen (secondary N) is 2. The molecule has 1 fully saturated rings. The molecule has 2 atom stereocenters. The van der Waals surface area contributed by atoms with Gasteiger partial charge in [-0.05, 0) is 82.5 Å². The molecule has 10 nitrogen and oxygen atoms in total. The molecule has 12 heteroatoms. The fourth-order valence-electron chi connectivity index (χ4n) is 4.37.